The first kappa shape index (κ1) is 12.4. The third kappa shape index (κ3) is 3.47. The first-order valence-corrected chi connectivity index (χ1v) is 6.63. The molecule has 17 heavy (non-hydrogen) atoms. The van der Waals surface area contributed by atoms with Gasteiger partial charge in [-0.15, -0.1) is 0 Å². The number of hydrogen-bond acceptors (Lipinski definition) is 2. The third-order valence-corrected chi connectivity index (χ3v) is 3.93. The van der Waals surface area contributed by atoms with Gasteiger partial charge in [-0.1, -0.05) is 31.9 Å². The molecule has 94 valence electrons. The standard InChI is InChI=1S/C15H23NO/c1-12-4-3-5-14(12)11-16-10-13-6-8-15(17-2)9-7-13/h6-9,12,14,16H,3-5,10-11H2,1-2H3. The molecule has 0 aromatic heterocycles. The largest absolute Gasteiger partial charge is 0.497 e. The normalized spacial score (nSPS) is 23.9. The molecule has 1 aliphatic carbocycles. The molecule has 1 aliphatic rings. The second-order valence-corrected chi connectivity index (χ2v) is 5.15. The summed E-state index contributed by atoms with van der Waals surface area (Å²) in [5.74, 6) is 2.71. The smallest absolute Gasteiger partial charge is 0.118 e. The quantitative estimate of drug-likeness (QED) is 0.843. The Morgan fingerprint density at radius 2 is 2.00 bits per heavy atom. The highest BCUT2D eigenvalue weighted by molar-refractivity contribution is 5.26. The average Bonchev–Trinajstić information content (AvgIpc) is 2.76. The number of ether oxygens (including phenoxy) is 1. The van der Waals surface area contributed by atoms with Crippen LogP contribution in [0.3, 0.4) is 0 Å². The maximum Gasteiger partial charge on any atom is 0.118 e. The van der Waals surface area contributed by atoms with Crippen LogP contribution in [0.2, 0.25) is 0 Å². The van der Waals surface area contributed by atoms with Crippen LogP contribution in [0.4, 0.5) is 0 Å². The molecule has 0 radical (unpaired) electrons. The predicted molar refractivity (Wildman–Crippen MR) is 71.2 cm³/mol. The molecule has 0 aliphatic heterocycles. The summed E-state index contributed by atoms with van der Waals surface area (Å²) >= 11 is 0. The summed E-state index contributed by atoms with van der Waals surface area (Å²) in [5, 5.41) is 3.57. The van der Waals surface area contributed by atoms with E-state index in [-0.39, 0.29) is 0 Å². The number of nitrogens with one attached hydrogen (secondary N) is 1. The molecule has 0 heterocycles. The Kier molecular flexibility index (Phi) is 4.43. The maximum atomic E-state index is 5.15. The van der Waals surface area contributed by atoms with Crippen LogP contribution in [0.15, 0.2) is 24.3 Å². The summed E-state index contributed by atoms with van der Waals surface area (Å²) in [6.45, 7) is 4.51. The molecule has 2 unspecified atom stereocenters. The zero-order chi connectivity index (χ0) is 12.1. The van der Waals surface area contributed by atoms with Crippen molar-refractivity contribution in [2.75, 3.05) is 13.7 Å². The molecule has 2 heteroatoms. The number of benzene rings is 1. The Labute approximate surface area is 104 Å². The SMILES string of the molecule is COc1ccc(CNCC2CCCC2C)cc1. The first-order valence-electron chi connectivity index (χ1n) is 6.63. The molecule has 1 fully saturated rings. The van der Waals surface area contributed by atoms with Crippen LogP contribution in [0, 0.1) is 11.8 Å². The lowest BCUT2D eigenvalue weighted by Gasteiger charge is -2.16. The van der Waals surface area contributed by atoms with Crippen molar-refractivity contribution in [2.45, 2.75) is 32.7 Å². The van der Waals surface area contributed by atoms with Crippen molar-refractivity contribution in [1.29, 1.82) is 0 Å². The Hall–Kier alpha value is -1.02. The van der Waals surface area contributed by atoms with Crippen molar-refractivity contribution in [2.24, 2.45) is 11.8 Å². The molecule has 1 saturated carbocycles. The molecule has 0 amide bonds. The molecule has 0 spiro atoms. The van der Waals surface area contributed by atoms with E-state index >= 15 is 0 Å². The van der Waals surface area contributed by atoms with E-state index in [9.17, 15) is 0 Å². The van der Waals surface area contributed by atoms with E-state index in [2.05, 4.69) is 24.4 Å². The molecular weight excluding hydrogens is 210 g/mol. The summed E-state index contributed by atoms with van der Waals surface area (Å²) in [7, 11) is 1.70. The predicted octanol–water partition coefficient (Wildman–Crippen LogP) is 3.22. The van der Waals surface area contributed by atoms with Crippen molar-refractivity contribution in [3.8, 4) is 5.75 Å². The van der Waals surface area contributed by atoms with Crippen LogP contribution in [0.1, 0.15) is 31.7 Å². The van der Waals surface area contributed by atoms with Gasteiger partial charge in [0, 0.05) is 6.54 Å². The second kappa shape index (κ2) is 6.06. The van der Waals surface area contributed by atoms with Crippen LogP contribution in [-0.2, 0) is 6.54 Å². The number of methoxy groups -OCH3 is 1. The van der Waals surface area contributed by atoms with E-state index in [1.807, 2.05) is 12.1 Å². The van der Waals surface area contributed by atoms with Crippen molar-refractivity contribution in [3.63, 3.8) is 0 Å². The van der Waals surface area contributed by atoms with E-state index in [0.717, 1.165) is 30.7 Å². The van der Waals surface area contributed by atoms with Gasteiger partial charge in [-0.2, -0.15) is 0 Å². The molecular formula is C15H23NO. The minimum atomic E-state index is 0.883. The monoisotopic (exact) mass is 233 g/mol. The van der Waals surface area contributed by atoms with Crippen LogP contribution >= 0.6 is 0 Å². The van der Waals surface area contributed by atoms with Crippen LogP contribution < -0.4 is 10.1 Å². The van der Waals surface area contributed by atoms with E-state index in [4.69, 9.17) is 4.74 Å². The lowest BCUT2D eigenvalue weighted by Crippen LogP contribution is -2.23. The van der Waals surface area contributed by atoms with Crippen molar-refractivity contribution in [3.05, 3.63) is 29.8 Å². The van der Waals surface area contributed by atoms with Gasteiger partial charge < -0.3 is 10.1 Å². The third-order valence-electron chi connectivity index (χ3n) is 3.93. The number of hydrogen-bond donors (Lipinski definition) is 1. The fourth-order valence-corrected chi connectivity index (χ4v) is 2.67. The average molecular weight is 233 g/mol. The van der Waals surface area contributed by atoms with E-state index in [1.165, 1.54) is 24.8 Å². The van der Waals surface area contributed by atoms with Crippen LogP contribution in [-0.4, -0.2) is 13.7 Å². The van der Waals surface area contributed by atoms with Crippen molar-refractivity contribution < 1.29 is 4.74 Å². The van der Waals surface area contributed by atoms with Gasteiger partial charge >= 0.3 is 0 Å². The summed E-state index contributed by atoms with van der Waals surface area (Å²) < 4.78 is 5.15. The fourth-order valence-electron chi connectivity index (χ4n) is 2.67. The Bertz CT molecular complexity index is 333. The minimum absolute atomic E-state index is 0.883. The molecule has 1 N–H and O–H groups in total. The molecule has 2 rings (SSSR count). The summed E-state index contributed by atoms with van der Waals surface area (Å²) in [4.78, 5) is 0. The summed E-state index contributed by atoms with van der Waals surface area (Å²) in [6, 6.07) is 8.30. The van der Waals surface area contributed by atoms with Crippen LogP contribution in [0.25, 0.3) is 0 Å². The van der Waals surface area contributed by atoms with Gasteiger partial charge in [0.2, 0.25) is 0 Å². The number of rotatable bonds is 5. The van der Waals surface area contributed by atoms with Gasteiger partial charge in [0.15, 0.2) is 0 Å². The topological polar surface area (TPSA) is 21.3 Å². The minimum Gasteiger partial charge on any atom is -0.497 e. The van der Waals surface area contributed by atoms with Gasteiger partial charge in [0.25, 0.3) is 0 Å². The Morgan fingerprint density at radius 3 is 2.59 bits per heavy atom. The zero-order valence-electron chi connectivity index (χ0n) is 10.9. The van der Waals surface area contributed by atoms with Crippen molar-refractivity contribution >= 4 is 0 Å². The second-order valence-electron chi connectivity index (χ2n) is 5.15. The van der Waals surface area contributed by atoms with Gasteiger partial charge in [-0.25, -0.2) is 0 Å². The highest BCUT2D eigenvalue weighted by atomic mass is 16.5. The molecule has 2 atom stereocenters. The van der Waals surface area contributed by atoms with Crippen LogP contribution in [0.5, 0.6) is 5.75 Å². The van der Waals surface area contributed by atoms with E-state index in [0.29, 0.717) is 0 Å². The Morgan fingerprint density at radius 1 is 1.24 bits per heavy atom. The lowest BCUT2D eigenvalue weighted by molar-refractivity contribution is 0.392. The summed E-state index contributed by atoms with van der Waals surface area (Å²) in [5.41, 5.74) is 1.33. The van der Waals surface area contributed by atoms with Gasteiger partial charge in [0.1, 0.15) is 5.75 Å². The van der Waals surface area contributed by atoms with E-state index in [1.54, 1.807) is 7.11 Å². The lowest BCUT2D eigenvalue weighted by atomic mass is 9.98. The highest BCUT2D eigenvalue weighted by Gasteiger charge is 2.22. The van der Waals surface area contributed by atoms with E-state index < -0.39 is 0 Å². The van der Waals surface area contributed by atoms with Gasteiger partial charge in [-0.05, 0) is 42.5 Å². The van der Waals surface area contributed by atoms with Gasteiger partial charge in [0.05, 0.1) is 7.11 Å². The fraction of sp³-hybridized carbons (Fsp3) is 0.600. The molecule has 1 aromatic carbocycles. The molecule has 2 nitrogen and oxygen atoms in total. The zero-order valence-corrected chi connectivity index (χ0v) is 10.9. The van der Waals surface area contributed by atoms with Gasteiger partial charge in [-0.3, -0.25) is 0 Å². The first-order chi connectivity index (χ1) is 8.29. The molecule has 0 saturated heterocycles. The maximum absolute atomic E-state index is 5.15. The molecule has 0 bridgehead atoms. The van der Waals surface area contributed by atoms with Crippen molar-refractivity contribution in [1.82, 2.24) is 5.32 Å². The Balaban J connectivity index is 1.73. The highest BCUT2D eigenvalue weighted by Crippen LogP contribution is 2.30. The molecule has 1 aromatic rings. The summed E-state index contributed by atoms with van der Waals surface area (Å²) in [6.07, 6.45) is 4.22.